The van der Waals surface area contributed by atoms with Gasteiger partial charge in [-0.15, -0.1) is 0 Å². The van der Waals surface area contributed by atoms with Gasteiger partial charge < -0.3 is 39.2 Å². The summed E-state index contributed by atoms with van der Waals surface area (Å²) in [6, 6.07) is 33.4. The van der Waals surface area contributed by atoms with Crippen LogP contribution in [-0.4, -0.2) is 67.6 Å². The molecule has 5 rings (SSSR count). The second-order valence-electron chi connectivity index (χ2n) is 10.9. The van der Waals surface area contributed by atoms with E-state index in [1.54, 1.807) is 14.2 Å². The summed E-state index contributed by atoms with van der Waals surface area (Å²) in [6.45, 7) is 1.37. The van der Waals surface area contributed by atoms with Crippen molar-refractivity contribution in [1.29, 1.82) is 0 Å². The molecule has 0 bridgehead atoms. The summed E-state index contributed by atoms with van der Waals surface area (Å²) in [5.41, 5.74) is 2.16. The quantitative estimate of drug-likeness (QED) is 0.204. The summed E-state index contributed by atoms with van der Waals surface area (Å²) in [5.74, 6) is 0.985. The van der Waals surface area contributed by atoms with Gasteiger partial charge in [-0.2, -0.15) is 0 Å². The van der Waals surface area contributed by atoms with Crippen molar-refractivity contribution in [2.24, 2.45) is 0 Å². The first kappa shape index (κ1) is 32.2. The molecule has 1 aliphatic heterocycles. The molecule has 1 heterocycles. The van der Waals surface area contributed by atoms with Gasteiger partial charge in [0, 0.05) is 6.92 Å². The highest BCUT2D eigenvalue weighted by molar-refractivity contribution is 5.73. The van der Waals surface area contributed by atoms with E-state index in [0.29, 0.717) is 11.5 Å². The van der Waals surface area contributed by atoms with Crippen LogP contribution in [0.2, 0.25) is 0 Å². The molecule has 1 fully saturated rings. The van der Waals surface area contributed by atoms with E-state index in [2.05, 4.69) is 5.32 Å². The van der Waals surface area contributed by atoms with E-state index in [0.717, 1.165) is 22.3 Å². The second-order valence-corrected chi connectivity index (χ2v) is 10.9. The molecule has 45 heavy (non-hydrogen) atoms. The SMILES string of the molecule is COc1ccc(C(OC[C@H]2O[C@H](OCc3ccccc3)[C@H](NC(C)=O)[C@@H](O)[C@H]2O)(c2ccccc2)c2ccc(OC)cc2)cc1. The molecule has 1 aliphatic rings. The minimum Gasteiger partial charge on any atom is -0.497 e. The van der Waals surface area contributed by atoms with Crippen LogP contribution in [0, 0.1) is 0 Å². The van der Waals surface area contributed by atoms with Gasteiger partial charge in [0.05, 0.1) is 27.4 Å². The molecule has 9 heteroatoms. The Morgan fingerprint density at radius 2 is 1.27 bits per heavy atom. The van der Waals surface area contributed by atoms with E-state index in [9.17, 15) is 15.0 Å². The Morgan fingerprint density at radius 1 is 0.756 bits per heavy atom. The fourth-order valence-corrected chi connectivity index (χ4v) is 5.63. The first-order valence-corrected chi connectivity index (χ1v) is 14.8. The number of ether oxygens (including phenoxy) is 5. The first-order valence-electron chi connectivity index (χ1n) is 14.8. The normalized spacial score (nSPS) is 21.6. The summed E-state index contributed by atoms with van der Waals surface area (Å²) in [5, 5.41) is 25.2. The highest BCUT2D eigenvalue weighted by atomic mass is 16.7. The van der Waals surface area contributed by atoms with Gasteiger partial charge in [0.2, 0.25) is 5.91 Å². The molecule has 236 valence electrons. The number of carbonyl (C=O) groups excluding carboxylic acids is 1. The van der Waals surface area contributed by atoms with Crippen molar-refractivity contribution >= 4 is 5.91 Å². The number of aliphatic hydroxyl groups excluding tert-OH is 2. The van der Waals surface area contributed by atoms with E-state index in [1.807, 2.05) is 109 Å². The first-order chi connectivity index (χ1) is 21.8. The maximum atomic E-state index is 12.0. The van der Waals surface area contributed by atoms with E-state index in [1.165, 1.54) is 6.92 Å². The highest BCUT2D eigenvalue weighted by Crippen LogP contribution is 2.42. The third kappa shape index (κ3) is 7.19. The van der Waals surface area contributed by atoms with E-state index in [4.69, 9.17) is 23.7 Å². The molecule has 4 aromatic carbocycles. The standard InChI is InChI=1S/C36H39NO8/c1-24(38)37-32-34(40)33(39)31(45-35(32)43-22-25-10-6-4-7-11-25)23-44-36(26-12-8-5-9-13-26,27-14-18-29(41-2)19-15-27)28-16-20-30(42-3)21-17-28/h4-21,31-35,39-40H,22-23H2,1-3H3,(H,37,38)/t31-,32-,33+,34-,35+/m1/s1. The minimum atomic E-state index is -1.39. The van der Waals surface area contributed by atoms with Crippen LogP contribution in [-0.2, 0) is 31.2 Å². The Hall–Kier alpha value is -4.25. The van der Waals surface area contributed by atoms with Crippen LogP contribution in [0.4, 0.5) is 0 Å². The molecule has 5 atom stereocenters. The Morgan fingerprint density at radius 3 is 1.78 bits per heavy atom. The molecule has 1 saturated heterocycles. The number of hydrogen-bond acceptors (Lipinski definition) is 8. The topological polar surface area (TPSA) is 116 Å². The van der Waals surface area contributed by atoms with Gasteiger partial charge in [-0.1, -0.05) is 84.9 Å². The Kier molecular flexibility index (Phi) is 10.5. The number of rotatable bonds is 12. The molecular formula is C36H39NO8. The lowest BCUT2D eigenvalue weighted by molar-refractivity contribution is -0.279. The van der Waals surface area contributed by atoms with Gasteiger partial charge >= 0.3 is 0 Å². The molecule has 0 aromatic heterocycles. The molecule has 3 N–H and O–H groups in total. The van der Waals surface area contributed by atoms with Crippen LogP contribution in [0.5, 0.6) is 11.5 Å². The molecular weight excluding hydrogens is 574 g/mol. The average molecular weight is 614 g/mol. The zero-order valence-electron chi connectivity index (χ0n) is 25.5. The molecule has 0 unspecified atom stereocenters. The predicted molar refractivity (Wildman–Crippen MR) is 168 cm³/mol. The van der Waals surface area contributed by atoms with Gasteiger partial charge in [0.15, 0.2) is 6.29 Å². The summed E-state index contributed by atoms with van der Waals surface area (Å²) in [4.78, 5) is 12.0. The second kappa shape index (κ2) is 14.7. The third-order valence-corrected chi connectivity index (χ3v) is 7.97. The van der Waals surface area contributed by atoms with E-state index >= 15 is 0 Å². The van der Waals surface area contributed by atoms with Crippen LogP contribution in [0.15, 0.2) is 109 Å². The van der Waals surface area contributed by atoms with E-state index < -0.39 is 36.2 Å². The molecule has 0 radical (unpaired) electrons. The van der Waals surface area contributed by atoms with Crippen molar-refractivity contribution in [2.45, 2.75) is 49.8 Å². The van der Waals surface area contributed by atoms with Crippen molar-refractivity contribution in [2.75, 3.05) is 20.8 Å². The Labute approximate surface area is 263 Å². The van der Waals surface area contributed by atoms with Gasteiger partial charge in [0.25, 0.3) is 0 Å². The molecule has 0 saturated carbocycles. The average Bonchev–Trinajstić information content (AvgIpc) is 3.08. The zero-order valence-corrected chi connectivity index (χ0v) is 25.5. The van der Waals surface area contributed by atoms with Crippen LogP contribution >= 0.6 is 0 Å². The van der Waals surface area contributed by atoms with Gasteiger partial charge in [-0.25, -0.2) is 0 Å². The number of aliphatic hydroxyl groups is 2. The minimum absolute atomic E-state index is 0.136. The summed E-state index contributed by atoms with van der Waals surface area (Å²) in [6.07, 6.45) is -4.84. The van der Waals surface area contributed by atoms with Crippen LogP contribution in [0.3, 0.4) is 0 Å². The predicted octanol–water partition coefficient (Wildman–Crippen LogP) is 4.18. The Balaban J connectivity index is 1.51. The monoisotopic (exact) mass is 613 g/mol. The van der Waals surface area contributed by atoms with Crippen molar-refractivity contribution in [3.63, 3.8) is 0 Å². The lowest BCUT2D eigenvalue weighted by atomic mass is 9.80. The lowest BCUT2D eigenvalue weighted by Crippen LogP contribution is -2.64. The van der Waals surface area contributed by atoms with Crippen molar-refractivity contribution in [3.8, 4) is 11.5 Å². The van der Waals surface area contributed by atoms with Gasteiger partial charge in [-0.3, -0.25) is 4.79 Å². The number of benzene rings is 4. The smallest absolute Gasteiger partial charge is 0.217 e. The largest absolute Gasteiger partial charge is 0.497 e. The van der Waals surface area contributed by atoms with Crippen molar-refractivity contribution < 1.29 is 38.7 Å². The van der Waals surface area contributed by atoms with Gasteiger partial charge in [0.1, 0.15) is 41.5 Å². The molecule has 0 spiro atoms. The molecule has 9 nitrogen and oxygen atoms in total. The maximum absolute atomic E-state index is 12.0. The number of carbonyl (C=O) groups is 1. The third-order valence-electron chi connectivity index (χ3n) is 7.97. The summed E-state index contributed by atoms with van der Waals surface area (Å²) >= 11 is 0. The van der Waals surface area contributed by atoms with Crippen molar-refractivity contribution in [3.05, 3.63) is 131 Å². The number of hydrogen-bond donors (Lipinski definition) is 3. The molecule has 1 amide bonds. The van der Waals surface area contributed by atoms with Crippen LogP contribution in [0.1, 0.15) is 29.2 Å². The molecule has 0 aliphatic carbocycles. The van der Waals surface area contributed by atoms with E-state index in [-0.39, 0.29) is 19.1 Å². The fourth-order valence-electron chi connectivity index (χ4n) is 5.63. The Bertz CT molecular complexity index is 1450. The summed E-state index contributed by atoms with van der Waals surface area (Å²) < 4.78 is 30.1. The number of nitrogens with one attached hydrogen (secondary N) is 1. The summed E-state index contributed by atoms with van der Waals surface area (Å²) in [7, 11) is 3.22. The van der Waals surface area contributed by atoms with Gasteiger partial charge in [-0.05, 0) is 46.5 Å². The number of methoxy groups -OCH3 is 2. The lowest BCUT2D eigenvalue weighted by Gasteiger charge is -2.44. The maximum Gasteiger partial charge on any atom is 0.217 e. The fraction of sp³-hybridized carbons (Fsp3) is 0.306. The van der Waals surface area contributed by atoms with Crippen molar-refractivity contribution in [1.82, 2.24) is 5.32 Å². The highest BCUT2D eigenvalue weighted by Gasteiger charge is 2.47. The molecule has 4 aromatic rings. The zero-order chi connectivity index (χ0) is 31.8. The number of amides is 1. The van der Waals surface area contributed by atoms with Crippen LogP contribution in [0.25, 0.3) is 0 Å². The van der Waals surface area contributed by atoms with Crippen LogP contribution < -0.4 is 14.8 Å².